The Hall–Kier alpha value is -2.88. The van der Waals surface area contributed by atoms with E-state index in [1.165, 1.54) is 18.3 Å². The minimum absolute atomic E-state index is 0.0184. The van der Waals surface area contributed by atoms with Gasteiger partial charge in [0.15, 0.2) is 5.78 Å². The molecule has 0 unspecified atom stereocenters. The van der Waals surface area contributed by atoms with Crippen molar-refractivity contribution in [3.63, 3.8) is 0 Å². The Bertz CT molecular complexity index is 938. The second kappa shape index (κ2) is 10.1. The number of rotatable bonds is 10. The zero-order valence-corrected chi connectivity index (χ0v) is 17.1. The number of anilines is 1. The van der Waals surface area contributed by atoms with E-state index in [0.717, 1.165) is 4.88 Å². The number of hydrogen-bond donors (Lipinski definition) is 1. The number of hydrogen-bond acceptors (Lipinski definition) is 8. The minimum atomic E-state index is -0.185. The summed E-state index contributed by atoms with van der Waals surface area (Å²) in [4.78, 5) is 26.6. The Morgan fingerprint density at radius 2 is 2.00 bits per heavy atom. The standard InChI is InChI=1S/C20H22N4O4S/c1-14(25)15-5-7-16(8-6-15)21-18(26)12-24(9-10-27-2)13-19-22-23-20(28-19)17-4-3-11-29-17/h3-8,11H,9-10,12-13H2,1-2H3,(H,21,26). The highest BCUT2D eigenvalue weighted by atomic mass is 32.1. The van der Waals surface area contributed by atoms with Gasteiger partial charge in [0.05, 0.1) is 24.6 Å². The van der Waals surface area contributed by atoms with E-state index in [1.54, 1.807) is 31.4 Å². The fourth-order valence-electron chi connectivity index (χ4n) is 2.63. The Morgan fingerprint density at radius 1 is 1.21 bits per heavy atom. The molecule has 0 aliphatic heterocycles. The maximum absolute atomic E-state index is 12.5. The summed E-state index contributed by atoms with van der Waals surface area (Å²) < 4.78 is 10.9. The zero-order valence-electron chi connectivity index (χ0n) is 16.3. The number of Topliss-reactive ketones (excluding diaryl/α,β-unsaturated/α-hetero) is 1. The molecule has 3 rings (SSSR count). The van der Waals surface area contributed by atoms with Crippen molar-refractivity contribution in [3.8, 4) is 10.8 Å². The van der Waals surface area contributed by atoms with Gasteiger partial charge >= 0.3 is 0 Å². The SMILES string of the molecule is COCCN(CC(=O)Nc1ccc(C(C)=O)cc1)Cc1nnc(-c2cccs2)o1. The molecule has 0 spiro atoms. The van der Waals surface area contributed by atoms with Crippen molar-refractivity contribution in [3.05, 3.63) is 53.2 Å². The molecule has 2 aromatic heterocycles. The lowest BCUT2D eigenvalue weighted by atomic mass is 10.1. The van der Waals surface area contributed by atoms with E-state index in [9.17, 15) is 9.59 Å². The maximum Gasteiger partial charge on any atom is 0.257 e. The third-order valence-electron chi connectivity index (χ3n) is 4.11. The predicted octanol–water partition coefficient (Wildman–Crippen LogP) is 3.09. The lowest BCUT2D eigenvalue weighted by Gasteiger charge is -2.19. The molecule has 152 valence electrons. The van der Waals surface area contributed by atoms with Crippen molar-refractivity contribution in [1.82, 2.24) is 15.1 Å². The van der Waals surface area contributed by atoms with Crippen LogP contribution in [0.5, 0.6) is 0 Å². The average molecular weight is 414 g/mol. The topological polar surface area (TPSA) is 97.6 Å². The molecule has 0 radical (unpaired) electrons. The molecule has 3 aromatic rings. The molecule has 0 fully saturated rings. The van der Waals surface area contributed by atoms with Crippen LogP contribution in [0, 0.1) is 0 Å². The Morgan fingerprint density at radius 3 is 2.66 bits per heavy atom. The molecule has 0 aliphatic carbocycles. The van der Waals surface area contributed by atoms with Gasteiger partial charge in [-0.25, -0.2) is 0 Å². The van der Waals surface area contributed by atoms with Crippen molar-refractivity contribution in [2.24, 2.45) is 0 Å². The van der Waals surface area contributed by atoms with E-state index >= 15 is 0 Å². The van der Waals surface area contributed by atoms with Gasteiger partial charge < -0.3 is 14.5 Å². The van der Waals surface area contributed by atoms with E-state index in [0.29, 0.717) is 42.7 Å². The summed E-state index contributed by atoms with van der Waals surface area (Å²) in [6.45, 7) is 2.96. The van der Waals surface area contributed by atoms with Crippen LogP contribution in [-0.4, -0.2) is 53.6 Å². The van der Waals surface area contributed by atoms with Crippen LogP contribution < -0.4 is 5.32 Å². The molecule has 0 bridgehead atoms. The van der Waals surface area contributed by atoms with Crippen LogP contribution in [0.25, 0.3) is 10.8 Å². The highest BCUT2D eigenvalue weighted by Gasteiger charge is 2.16. The molecule has 29 heavy (non-hydrogen) atoms. The van der Waals surface area contributed by atoms with Crippen molar-refractivity contribution in [1.29, 1.82) is 0 Å². The molecule has 0 atom stereocenters. The first-order valence-electron chi connectivity index (χ1n) is 9.03. The maximum atomic E-state index is 12.5. The molecule has 0 saturated carbocycles. The number of nitrogens with one attached hydrogen (secondary N) is 1. The van der Waals surface area contributed by atoms with Crippen LogP contribution in [0.3, 0.4) is 0 Å². The van der Waals surface area contributed by atoms with E-state index < -0.39 is 0 Å². The van der Waals surface area contributed by atoms with Crippen molar-refractivity contribution in [2.75, 3.05) is 32.1 Å². The lowest BCUT2D eigenvalue weighted by Crippen LogP contribution is -2.35. The van der Waals surface area contributed by atoms with E-state index in [-0.39, 0.29) is 18.2 Å². The predicted molar refractivity (Wildman–Crippen MR) is 110 cm³/mol. The number of aromatic nitrogens is 2. The molecule has 1 amide bonds. The quantitative estimate of drug-likeness (QED) is 0.509. The summed E-state index contributed by atoms with van der Waals surface area (Å²) in [5.74, 6) is 0.699. The van der Waals surface area contributed by atoms with Gasteiger partial charge in [-0.05, 0) is 42.6 Å². The lowest BCUT2D eigenvalue weighted by molar-refractivity contribution is -0.117. The van der Waals surface area contributed by atoms with Crippen molar-refractivity contribution < 1.29 is 18.7 Å². The molecule has 0 saturated heterocycles. The molecule has 8 nitrogen and oxygen atoms in total. The van der Waals surface area contributed by atoms with Gasteiger partial charge in [0.1, 0.15) is 0 Å². The number of carbonyl (C=O) groups excluding carboxylic acids is 2. The smallest absolute Gasteiger partial charge is 0.257 e. The second-order valence-corrected chi connectivity index (χ2v) is 7.31. The van der Waals surface area contributed by atoms with E-state index in [1.807, 2.05) is 22.4 Å². The Balaban J connectivity index is 1.60. The second-order valence-electron chi connectivity index (χ2n) is 6.36. The van der Waals surface area contributed by atoms with Crippen LogP contribution in [-0.2, 0) is 16.1 Å². The molecular weight excluding hydrogens is 392 g/mol. The van der Waals surface area contributed by atoms with Gasteiger partial charge in [-0.3, -0.25) is 14.5 Å². The number of carbonyl (C=O) groups is 2. The summed E-state index contributed by atoms with van der Waals surface area (Å²) in [7, 11) is 1.61. The molecular formula is C20H22N4O4S. The van der Waals surface area contributed by atoms with Crippen LogP contribution in [0.4, 0.5) is 5.69 Å². The van der Waals surface area contributed by atoms with Gasteiger partial charge in [-0.2, -0.15) is 0 Å². The highest BCUT2D eigenvalue weighted by Crippen LogP contribution is 2.23. The Kier molecular flexibility index (Phi) is 7.23. The van der Waals surface area contributed by atoms with Gasteiger partial charge in [0, 0.05) is 24.9 Å². The number of nitrogens with zero attached hydrogens (tertiary/aromatic N) is 3. The van der Waals surface area contributed by atoms with Crippen LogP contribution in [0.2, 0.25) is 0 Å². The molecule has 9 heteroatoms. The first-order valence-corrected chi connectivity index (χ1v) is 9.91. The van der Waals surface area contributed by atoms with Crippen LogP contribution in [0.15, 0.2) is 46.2 Å². The molecule has 1 aromatic carbocycles. The summed E-state index contributed by atoms with van der Waals surface area (Å²) in [6, 6.07) is 10.6. The molecule has 0 aliphatic rings. The van der Waals surface area contributed by atoms with E-state index in [4.69, 9.17) is 9.15 Å². The highest BCUT2D eigenvalue weighted by molar-refractivity contribution is 7.13. The number of benzene rings is 1. The third-order valence-corrected chi connectivity index (χ3v) is 4.97. The molecule has 1 N–H and O–H groups in total. The van der Waals surface area contributed by atoms with Gasteiger partial charge in [-0.1, -0.05) is 6.07 Å². The number of methoxy groups -OCH3 is 1. The van der Waals surface area contributed by atoms with Crippen molar-refractivity contribution in [2.45, 2.75) is 13.5 Å². The van der Waals surface area contributed by atoms with Crippen molar-refractivity contribution >= 4 is 28.7 Å². The minimum Gasteiger partial charge on any atom is -0.419 e. The monoisotopic (exact) mass is 414 g/mol. The largest absolute Gasteiger partial charge is 0.419 e. The van der Waals surface area contributed by atoms with Gasteiger partial charge in [0.2, 0.25) is 11.8 Å². The first-order chi connectivity index (χ1) is 14.0. The number of ether oxygens (including phenoxy) is 1. The first kappa shape index (κ1) is 20.8. The average Bonchev–Trinajstić information content (AvgIpc) is 3.38. The number of ketones is 1. The summed E-state index contributed by atoms with van der Waals surface area (Å²) in [6.07, 6.45) is 0. The Labute approximate surface area is 172 Å². The fourth-order valence-corrected chi connectivity index (χ4v) is 3.28. The van der Waals surface area contributed by atoms with Gasteiger partial charge in [-0.15, -0.1) is 21.5 Å². The van der Waals surface area contributed by atoms with E-state index in [2.05, 4.69) is 15.5 Å². The van der Waals surface area contributed by atoms with Crippen LogP contribution in [0.1, 0.15) is 23.2 Å². The summed E-state index contributed by atoms with van der Waals surface area (Å²) in [5.41, 5.74) is 1.23. The normalized spacial score (nSPS) is 11.0. The number of amides is 1. The molecule has 2 heterocycles. The zero-order chi connectivity index (χ0) is 20.6. The fraction of sp³-hybridized carbons (Fsp3) is 0.300. The van der Waals surface area contributed by atoms with Crippen LogP contribution >= 0.6 is 11.3 Å². The van der Waals surface area contributed by atoms with Gasteiger partial charge in [0.25, 0.3) is 5.89 Å². The summed E-state index contributed by atoms with van der Waals surface area (Å²) in [5, 5.41) is 12.9. The summed E-state index contributed by atoms with van der Waals surface area (Å²) >= 11 is 1.52. The third kappa shape index (κ3) is 6.05. The number of thiophene rings is 1.